The standard InChI is InChI=1S/C18H15BrCl2N4O2/c1-9-6-11(19)7-12(10(2)26)16(9)23-18(27)14-8-15(21)24-25(14)17-13(20)4-3-5-22-17/h3-7,14H,8H2,1-2H3,(H,23,27). The van der Waals surface area contributed by atoms with E-state index in [1.54, 1.807) is 24.4 Å². The van der Waals surface area contributed by atoms with Crippen LogP contribution >= 0.6 is 39.1 Å². The van der Waals surface area contributed by atoms with Crippen molar-refractivity contribution >= 4 is 67.5 Å². The number of Topliss-reactive ketones (excluding diaryl/α,β-unsaturated/α-hetero) is 1. The fourth-order valence-electron chi connectivity index (χ4n) is 2.81. The van der Waals surface area contributed by atoms with E-state index in [0.29, 0.717) is 22.1 Å². The van der Waals surface area contributed by atoms with Crippen LogP contribution in [0.25, 0.3) is 0 Å². The van der Waals surface area contributed by atoms with Crippen molar-refractivity contribution < 1.29 is 9.59 Å². The highest BCUT2D eigenvalue weighted by Crippen LogP contribution is 2.32. The zero-order chi connectivity index (χ0) is 19.7. The number of hydrogen-bond acceptors (Lipinski definition) is 5. The van der Waals surface area contributed by atoms with Crippen LogP contribution in [0.2, 0.25) is 5.02 Å². The Kier molecular flexibility index (Phi) is 5.83. The summed E-state index contributed by atoms with van der Waals surface area (Å²) in [5, 5.41) is 9.07. The van der Waals surface area contributed by atoms with Crippen molar-refractivity contribution in [2.75, 3.05) is 10.3 Å². The smallest absolute Gasteiger partial charge is 0.249 e. The monoisotopic (exact) mass is 468 g/mol. The number of aromatic nitrogens is 1. The highest BCUT2D eigenvalue weighted by Gasteiger charge is 2.35. The van der Waals surface area contributed by atoms with E-state index >= 15 is 0 Å². The van der Waals surface area contributed by atoms with Gasteiger partial charge >= 0.3 is 0 Å². The normalized spacial score (nSPS) is 16.3. The summed E-state index contributed by atoms with van der Waals surface area (Å²) in [4.78, 5) is 29.2. The molecule has 0 fully saturated rings. The summed E-state index contributed by atoms with van der Waals surface area (Å²) < 4.78 is 0.761. The SMILES string of the molecule is CC(=O)c1cc(Br)cc(C)c1NC(=O)C1CC(Cl)=NN1c1ncccc1Cl. The summed E-state index contributed by atoms with van der Waals surface area (Å²) in [6.45, 7) is 3.27. The minimum atomic E-state index is -0.729. The lowest BCUT2D eigenvalue weighted by Crippen LogP contribution is -2.39. The number of pyridine rings is 1. The number of nitrogens with one attached hydrogen (secondary N) is 1. The summed E-state index contributed by atoms with van der Waals surface area (Å²) in [5.74, 6) is -0.168. The Morgan fingerprint density at radius 3 is 2.74 bits per heavy atom. The average molecular weight is 470 g/mol. The van der Waals surface area contributed by atoms with Crippen LogP contribution in [0.4, 0.5) is 11.5 Å². The predicted octanol–water partition coefficient (Wildman–Crippen LogP) is 4.78. The van der Waals surface area contributed by atoms with E-state index in [-0.39, 0.29) is 23.3 Å². The largest absolute Gasteiger partial charge is 0.323 e. The Morgan fingerprint density at radius 1 is 1.33 bits per heavy atom. The summed E-state index contributed by atoms with van der Waals surface area (Å²) in [5.41, 5.74) is 1.64. The maximum Gasteiger partial charge on any atom is 0.249 e. The lowest BCUT2D eigenvalue weighted by Gasteiger charge is -2.23. The fourth-order valence-corrected chi connectivity index (χ4v) is 3.82. The molecule has 1 N–H and O–H groups in total. The summed E-state index contributed by atoms with van der Waals surface area (Å²) in [6.07, 6.45) is 1.77. The first-order valence-corrected chi connectivity index (χ1v) is 9.57. The van der Waals surface area contributed by atoms with Crippen LogP contribution in [0.3, 0.4) is 0 Å². The highest BCUT2D eigenvalue weighted by atomic mass is 79.9. The van der Waals surface area contributed by atoms with Crippen molar-refractivity contribution in [3.63, 3.8) is 0 Å². The van der Waals surface area contributed by atoms with Gasteiger partial charge in [0, 0.05) is 22.7 Å². The Bertz CT molecular complexity index is 964. The molecule has 6 nitrogen and oxygen atoms in total. The number of halogens is 3. The molecular weight excluding hydrogens is 455 g/mol. The second-order valence-corrected chi connectivity index (χ2v) is 7.80. The average Bonchev–Trinajstić information content (AvgIpc) is 2.99. The Balaban J connectivity index is 1.93. The third-order valence-corrected chi connectivity index (χ3v) is 5.04. The second kappa shape index (κ2) is 7.96. The number of hydrazone groups is 1. The van der Waals surface area contributed by atoms with Crippen molar-refractivity contribution in [1.82, 2.24) is 4.98 Å². The molecule has 0 saturated heterocycles. The fraction of sp³-hybridized carbons (Fsp3) is 0.222. The van der Waals surface area contributed by atoms with Crippen molar-refractivity contribution in [3.05, 3.63) is 51.1 Å². The van der Waals surface area contributed by atoms with Gasteiger partial charge in [0.05, 0.1) is 10.7 Å². The molecular formula is C18H15BrCl2N4O2. The van der Waals surface area contributed by atoms with Gasteiger partial charge < -0.3 is 5.32 Å². The Morgan fingerprint density at radius 2 is 2.07 bits per heavy atom. The molecule has 1 aliphatic heterocycles. The second-order valence-electron chi connectivity index (χ2n) is 6.04. The Hall–Kier alpha value is -1.96. The minimum Gasteiger partial charge on any atom is -0.323 e. The van der Waals surface area contributed by atoms with Gasteiger partial charge in [-0.3, -0.25) is 9.59 Å². The molecule has 1 aromatic heterocycles. The van der Waals surface area contributed by atoms with Gasteiger partial charge in [-0.2, -0.15) is 5.10 Å². The van der Waals surface area contributed by atoms with Crippen LogP contribution in [0.1, 0.15) is 29.3 Å². The molecule has 2 heterocycles. The quantitative estimate of drug-likeness (QED) is 0.654. The predicted molar refractivity (Wildman–Crippen MR) is 111 cm³/mol. The number of nitrogens with zero attached hydrogens (tertiary/aromatic N) is 3. The summed E-state index contributed by atoms with van der Waals surface area (Å²) in [6, 6.07) is 6.12. The first-order chi connectivity index (χ1) is 12.8. The number of hydrogen-bond donors (Lipinski definition) is 1. The molecule has 0 radical (unpaired) electrons. The van der Waals surface area contributed by atoms with E-state index in [4.69, 9.17) is 23.2 Å². The van der Waals surface area contributed by atoms with E-state index in [0.717, 1.165) is 10.0 Å². The number of aryl methyl sites for hydroxylation is 1. The number of ketones is 1. The molecule has 1 unspecified atom stereocenters. The first kappa shape index (κ1) is 19.8. The maximum absolute atomic E-state index is 13.0. The van der Waals surface area contributed by atoms with Gasteiger partial charge in [-0.25, -0.2) is 9.99 Å². The van der Waals surface area contributed by atoms with E-state index < -0.39 is 6.04 Å². The lowest BCUT2D eigenvalue weighted by molar-refractivity contribution is -0.117. The Labute approximate surface area is 174 Å². The molecule has 1 atom stereocenters. The molecule has 1 amide bonds. The van der Waals surface area contributed by atoms with Gasteiger partial charge in [0.15, 0.2) is 11.6 Å². The molecule has 0 bridgehead atoms. The van der Waals surface area contributed by atoms with Crippen molar-refractivity contribution in [2.24, 2.45) is 5.10 Å². The molecule has 2 aromatic rings. The number of benzene rings is 1. The van der Waals surface area contributed by atoms with E-state index in [2.05, 4.69) is 31.3 Å². The minimum absolute atomic E-state index is 0.153. The van der Waals surface area contributed by atoms with Crippen LogP contribution in [-0.4, -0.2) is 27.9 Å². The van der Waals surface area contributed by atoms with Crippen molar-refractivity contribution in [1.29, 1.82) is 0 Å². The number of carbonyl (C=O) groups excluding carboxylic acids is 2. The van der Waals surface area contributed by atoms with Crippen LogP contribution in [0.15, 0.2) is 40.0 Å². The molecule has 140 valence electrons. The molecule has 0 aliphatic carbocycles. The summed E-state index contributed by atoms with van der Waals surface area (Å²) in [7, 11) is 0. The van der Waals surface area contributed by atoms with Crippen LogP contribution in [0, 0.1) is 6.92 Å². The zero-order valence-electron chi connectivity index (χ0n) is 14.5. The van der Waals surface area contributed by atoms with Gasteiger partial charge in [-0.05, 0) is 43.7 Å². The highest BCUT2D eigenvalue weighted by molar-refractivity contribution is 9.10. The van der Waals surface area contributed by atoms with Gasteiger partial charge in [-0.1, -0.05) is 39.1 Å². The number of anilines is 2. The zero-order valence-corrected chi connectivity index (χ0v) is 17.6. The molecule has 9 heteroatoms. The van der Waals surface area contributed by atoms with E-state index in [9.17, 15) is 9.59 Å². The van der Waals surface area contributed by atoms with Crippen molar-refractivity contribution in [2.45, 2.75) is 26.3 Å². The maximum atomic E-state index is 13.0. The third kappa shape index (κ3) is 4.15. The van der Waals surface area contributed by atoms with Gasteiger partial charge in [-0.15, -0.1) is 0 Å². The molecule has 1 aromatic carbocycles. The lowest BCUT2D eigenvalue weighted by atomic mass is 10.0. The summed E-state index contributed by atoms with van der Waals surface area (Å²) >= 11 is 15.6. The van der Waals surface area contributed by atoms with Crippen LogP contribution < -0.4 is 10.3 Å². The number of rotatable bonds is 4. The topological polar surface area (TPSA) is 74.7 Å². The van der Waals surface area contributed by atoms with Crippen molar-refractivity contribution in [3.8, 4) is 0 Å². The van der Waals surface area contributed by atoms with E-state index in [1.807, 2.05) is 13.0 Å². The van der Waals surface area contributed by atoms with Gasteiger partial charge in [0.2, 0.25) is 5.91 Å². The third-order valence-electron chi connectivity index (χ3n) is 4.06. The van der Waals surface area contributed by atoms with Crippen LogP contribution in [-0.2, 0) is 4.79 Å². The van der Waals surface area contributed by atoms with Crippen LogP contribution in [0.5, 0.6) is 0 Å². The van der Waals surface area contributed by atoms with Gasteiger partial charge in [0.1, 0.15) is 11.2 Å². The molecule has 0 saturated carbocycles. The molecule has 3 rings (SSSR count). The molecule has 27 heavy (non-hydrogen) atoms. The molecule has 1 aliphatic rings. The van der Waals surface area contributed by atoms with E-state index in [1.165, 1.54) is 11.9 Å². The molecule has 0 spiro atoms. The first-order valence-electron chi connectivity index (χ1n) is 8.02. The number of amides is 1. The number of carbonyl (C=O) groups is 2. The van der Waals surface area contributed by atoms with Gasteiger partial charge in [0.25, 0.3) is 0 Å².